The lowest BCUT2D eigenvalue weighted by Crippen LogP contribution is -2.53. The zero-order valence-electron chi connectivity index (χ0n) is 11.5. The summed E-state index contributed by atoms with van der Waals surface area (Å²) >= 11 is 0. The van der Waals surface area contributed by atoms with E-state index in [2.05, 4.69) is 19.2 Å². The molecule has 1 aliphatic heterocycles. The standard InChI is InChI=1S/C13H26N2O2.ClH/c1-3-13(4-2,10-14)15-12(16)9-11-7-5-6-8-17-11;/h11H,3-10,14H2,1-2H3,(H,15,16);1H. The molecule has 0 aromatic heterocycles. The lowest BCUT2D eigenvalue weighted by atomic mass is 9.92. The highest BCUT2D eigenvalue weighted by molar-refractivity contribution is 5.85. The molecule has 18 heavy (non-hydrogen) atoms. The fourth-order valence-electron chi connectivity index (χ4n) is 2.29. The van der Waals surface area contributed by atoms with Crippen molar-refractivity contribution in [3.63, 3.8) is 0 Å². The third-order valence-electron chi connectivity index (χ3n) is 3.84. The van der Waals surface area contributed by atoms with E-state index in [-0.39, 0.29) is 30.0 Å². The summed E-state index contributed by atoms with van der Waals surface area (Å²) in [5.74, 6) is 0.0750. The summed E-state index contributed by atoms with van der Waals surface area (Å²) in [5, 5.41) is 3.08. The van der Waals surface area contributed by atoms with Crippen molar-refractivity contribution in [2.75, 3.05) is 13.2 Å². The third kappa shape index (κ3) is 5.12. The predicted octanol–water partition coefficient (Wildman–Crippen LogP) is 2.00. The van der Waals surface area contributed by atoms with Crippen LogP contribution in [0.25, 0.3) is 0 Å². The third-order valence-corrected chi connectivity index (χ3v) is 3.84. The molecule has 0 bridgehead atoms. The number of carbonyl (C=O) groups is 1. The van der Waals surface area contributed by atoms with Crippen molar-refractivity contribution in [2.45, 2.75) is 64.0 Å². The van der Waals surface area contributed by atoms with Crippen LogP contribution in [0.2, 0.25) is 0 Å². The number of nitrogens with one attached hydrogen (secondary N) is 1. The van der Waals surface area contributed by atoms with Gasteiger partial charge >= 0.3 is 0 Å². The second-order valence-corrected chi connectivity index (χ2v) is 4.93. The monoisotopic (exact) mass is 278 g/mol. The van der Waals surface area contributed by atoms with Crippen LogP contribution in [0, 0.1) is 0 Å². The molecule has 0 saturated carbocycles. The summed E-state index contributed by atoms with van der Waals surface area (Å²) < 4.78 is 5.57. The quantitative estimate of drug-likeness (QED) is 0.781. The molecule has 0 aliphatic carbocycles. The van der Waals surface area contributed by atoms with E-state index >= 15 is 0 Å². The van der Waals surface area contributed by atoms with E-state index in [1.807, 2.05) is 0 Å². The van der Waals surface area contributed by atoms with Gasteiger partial charge in [0.15, 0.2) is 0 Å². The molecule has 0 aromatic carbocycles. The Morgan fingerprint density at radius 2 is 2.06 bits per heavy atom. The predicted molar refractivity (Wildman–Crippen MR) is 76.0 cm³/mol. The minimum atomic E-state index is -0.230. The molecule has 0 spiro atoms. The van der Waals surface area contributed by atoms with Gasteiger partial charge in [-0.3, -0.25) is 4.79 Å². The van der Waals surface area contributed by atoms with E-state index < -0.39 is 0 Å². The van der Waals surface area contributed by atoms with Gasteiger partial charge in [-0.1, -0.05) is 13.8 Å². The minimum Gasteiger partial charge on any atom is -0.378 e. The molecular weight excluding hydrogens is 252 g/mol. The van der Waals surface area contributed by atoms with Crippen molar-refractivity contribution in [3.8, 4) is 0 Å². The van der Waals surface area contributed by atoms with Crippen LogP contribution >= 0.6 is 12.4 Å². The second kappa shape index (κ2) is 8.73. The van der Waals surface area contributed by atoms with Gasteiger partial charge < -0.3 is 15.8 Å². The van der Waals surface area contributed by atoms with Crippen LogP contribution in [0.3, 0.4) is 0 Å². The maximum atomic E-state index is 12.0. The van der Waals surface area contributed by atoms with Crippen LogP contribution in [-0.4, -0.2) is 30.7 Å². The summed E-state index contributed by atoms with van der Waals surface area (Å²) in [4.78, 5) is 12.0. The van der Waals surface area contributed by atoms with Gasteiger partial charge in [-0.25, -0.2) is 0 Å². The van der Waals surface area contributed by atoms with Crippen LogP contribution in [0.1, 0.15) is 52.4 Å². The van der Waals surface area contributed by atoms with Crippen molar-refractivity contribution in [2.24, 2.45) is 5.73 Å². The molecule has 0 radical (unpaired) electrons. The molecule has 1 atom stereocenters. The number of halogens is 1. The van der Waals surface area contributed by atoms with Crippen LogP contribution in [-0.2, 0) is 9.53 Å². The molecule has 1 saturated heterocycles. The Balaban J connectivity index is 0.00000289. The van der Waals surface area contributed by atoms with Gasteiger partial charge in [-0.15, -0.1) is 12.4 Å². The van der Waals surface area contributed by atoms with Gasteiger partial charge in [0.05, 0.1) is 18.1 Å². The van der Waals surface area contributed by atoms with Crippen LogP contribution in [0.4, 0.5) is 0 Å². The Morgan fingerprint density at radius 3 is 2.50 bits per heavy atom. The van der Waals surface area contributed by atoms with Crippen molar-refractivity contribution in [1.29, 1.82) is 0 Å². The maximum Gasteiger partial charge on any atom is 0.223 e. The fraction of sp³-hybridized carbons (Fsp3) is 0.923. The average molecular weight is 279 g/mol. The number of hydrogen-bond acceptors (Lipinski definition) is 3. The molecule has 1 fully saturated rings. The lowest BCUT2D eigenvalue weighted by Gasteiger charge is -2.32. The first kappa shape index (κ1) is 17.7. The number of carbonyl (C=O) groups excluding carboxylic acids is 1. The summed E-state index contributed by atoms with van der Waals surface area (Å²) in [7, 11) is 0. The zero-order chi connectivity index (χ0) is 12.7. The molecule has 1 heterocycles. The average Bonchev–Trinajstić information content (AvgIpc) is 2.37. The molecule has 4 nitrogen and oxygen atoms in total. The normalized spacial score (nSPS) is 20.1. The van der Waals surface area contributed by atoms with Gasteiger partial charge in [-0.05, 0) is 32.1 Å². The Bertz CT molecular complexity index is 231. The lowest BCUT2D eigenvalue weighted by molar-refractivity contribution is -0.126. The molecular formula is C13H27ClN2O2. The highest BCUT2D eigenvalue weighted by Gasteiger charge is 2.27. The molecule has 1 rings (SSSR count). The zero-order valence-corrected chi connectivity index (χ0v) is 12.4. The number of amides is 1. The van der Waals surface area contributed by atoms with Gasteiger partial charge in [-0.2, -0.15) is 0 Å². The van der Waals surface area contributed by atoms with Gasteiger partial charge in [0, 0.05) is 13.2 Å². The van der Waals surface area contributed by atoms with E-state index in [1.54, 1.807) is 0 Å². The summed E-state index contributed by atoms with van der Waals surface area (Å²) in [5.41, 5.74) is 5.53. The van der Waals surface area contributed by atoms with Crippen molar-refractivity contribution in [1.82, 2.24) is 5.32 Å². The van der Waals surface area contributed by atoms with E-state index in [9.17, 15) is 4.79 Å². The van der Waals surface area contributed by atoms with Crippen LogP contribution in [0.15, 0.2) is 0 Å². The first-order valence-corrected chi connectivity index (χ1v) is 6.78. The van der Waals surface area contributed by atoms with Crippen LogP contribution < -0.4 is 11.1 Å². The number of hydrogen-bond donors (Lipinski definition) is 2. The first-order chi connectivity index (χ1) is 8.15. The molecule has 0 aromatic rings. The van der Waals surface area contributed by atoms with Gasteiger partial charge in [0.2, 0.25) is 5.91 Å². The summed E-state index contributed by atoms with van der Waals surface area (Å²) in [6.45, 7) is 5.42. The largest absolute Gasteiger partial charge is 0.378 e. The Hall–Kier alpha value is -0.320. The molecule has 1 amide bonds. The highest BCUT2D eigenvalue weighted by atomic mass is 35.5. The minimum absolute atomic E-state index is 0. The molecule has 5 heteroatoms. The smallest absolute Gasteiger partial charge is 0.223 e. The Labute approximate surface area is 116 Å². The fourth-order valence-corrected chi connectivity index (χ4v) is 2.29. The van der Waals surface area contributed by atoms with E-state index in [4.69, 9.17) is 10.5 Å². The topological polar surface area (TPSA) is 64.3 Å². The van der Waals surface area contributed by atoms with Crippen LogP contribution in [0.5, 0.6) is 0 Å². The highest BCUT2D eigenvalue weighted by Crippen LogP contribution is 2.17. The van der Waals surface area contributed by atoms with Crippen molar-refractivity contribution >= 4 is 18.3 Å². The number of ether oxygens (including phenoxy) is 1. The molecule has 108 valence electrons. The van der Waals surface area contributed by atoms with Crippen molar-refractivity contribution < 1.29 is 9.53 Å². The molecule has 1 unspecified atom stereocenters. The van der Waals surface area contributed by atoms with Gasteiger partial charge in [0.25, 0.3) is 0 Å². The first-order valence-electron chi connectivity index (χ1n) is 6.78. The molecule has 3 N–H and O–H groups in total. The summed E-state index contributed by atoms with van der Waals surface area (Å²) in [6.07, 6.45) is 5.61. The Morgan fingerprint density at radius 1 is 1.39 bits per heavy atom. The Kier molecular flexibility index (Phi) is 8.57. The van der Waals surface area contributed by atoms with Crippen molar-refractivity contribution in [3.05, 3.63) is 0 Å². The maximum absolute atomic E-state index is 12.0. The number of nitrogens with two attached hydrogens (primary N) is 1. The number of rotatable bonds is 6. The second-order valence-electron chi connectivity index (χ2n) is 4.93. The SMILES string of the molecule is CCC(CC)(CN)NC(=O)CC1CCCCO1.Cl. The van der Waals surface area contributed by atoms with E-state index in [0.717, 1.165) is 32.3 Å². The van der Waals surface area contributed by atoms with Gasteiger partial charge in [0.1, 0.15) is 0 Å². The molecule has 1 aliphatic rings. The van der Waals surface area contributed by atoms with E-state index in [1.165, 1.54) is 6.42 Å². The van der Waals surface area contributed by atoms with E-state index in [0.29, 0.717) is 13.0 Å². The summed E-state index contributed by atoms with van der Waals surface area (Å²) in [6, 6.07) is 0.